The van der Waals surface area contributed by atoms with Crippen LogP contribution in [0.4, 0.5) is 10.5 Å². The number of rotatable bonds is 7. The summed E-state index contributed by atoms with van der Waals surface area (Å²) < 4.78 is 10.7. The van der Waals surface area contributed by atoms with Crippen LogP contribution >= 0.6 is 11.8 Å². The van der Waals surface area contributed by atoms with E-state index >= 15 is 0 Å². The summed E-state index contributed by atoms with van der Waals surface area (Å²) in [6.07, 6.45) is 1.53. The third-order valence-corrected chi connectivity index (χ3v) is 5.88. The van der Waals surface area contributed by atoms with E-state index in [1.165, 1.54) is 11.8 Å². The lowest BCUT2D eigenvalue weighted by Gasteiger charge is -2.28. The van der Waals surface area contributed by atoms with Crippen LogP contribution in [0.15, 0.2) is 47.6 Å². The minimum absolute atomic E-state index is 0.0124. The van der Waals surface area contributed by atoms with Crippen molar-refractivity contribution < 1.29 is 14.3 Å². The molecule has 0 aliphatic carbocycles. The number of hydrazone groups is 1. The largest absolute Gasteiger partial charge is 0.493 e. The predicted octanol–water partition coefficient (Wildman–Crippen LogP) is 4.18. The van der Waals surface area contributed by atoms with Gasteiger partial charge in [0.25, 0.3) is 0 Å². The predicted molar refractivity (Wildman–Crippen MR) is 114 cm³/mol. The van der Waals surface area contributed by atoms with E-state index in [4.69, 9.17) is 20.3 Å². The normalized spacial score (nSPS) is 16.7. The van der Waals surface area contributed by atoms with E-state index in [2.05, 4.69) is 6.92 Å². The van der Waals surface area contributed by atoms with Crippen LogP contribution in [0.5, 0.6) is 11.5 Å². The number of carbonyl (C=O) groups is 1. The SMILES string of the molecule is CCC1SC(=O)N(CCc2ccc(N)cc2)N=C1c1ccc(OC)c(OC)c1. The van der Waals surface area contributed by atoms with E-state index in [-0.39, 0.29) is 10.5 Å². The molecule has 0 aromatic heterocycles. The van der Waals surface area contributed by atoms with Crippen LogP contribution in [0.2, 0.25) is 0 Å². The van der Waals surface area contributed by atoms with Crippen LogP contribution < -0.4 is 15.2 Å². The van der Waals surface area contributed by atoms with Crippen molar-refractivity contribution in [2.45, 2.75) is 25.0 Å². The number of anilines is 1. The number of nitrogens with zero attached hydrogens (tertiary/aromatic N) is 2. The van der Waals surface area contributed by atoms with Crippen LogP contribution in [-0.4, -0.2) is 42.0 Å². The minimum atomic E-state index is -0.0217. The molecule has 2 aromatic carbocycles. The molecule has 1 aliphatic heterocycles. The number of nitrogen functional groups attached to an aromatic ring is 1. The fourth-order valence-electron chi connectivity index (χ4n) is 3.05. The molecule has 2 N–H and O–H groups in total. The number of ether oxygens (including phenoxy) is 2. The molecule has 0 spiro atoms. The minimum Gasteiger partial charge on any atom is -0.493 e. The third kappa shape index (κ3) is 4.42. The van der Waals surface area contributed by atoms with Crippen molar-refractivity contribution in [2.75, 3.05) is 26.5 Å². The summed E-state index contributed by atoms with van der Waals surface area (Å²) in [5.41, 5.74) is 9.40. The first kappa shape index (κ1) is 20.1. The van der Waals surface area contributed by atoms with Gasteiger partial charge >= 0.3 is 5.24 Å². The van der Waals surface area contributed by atoms with Crippen LogP contribution in [0, 0.1) is 0 Å². The van der Waals surface area contributed by atoms with Crippen LogP contribution in [0.1, 0.15) is 24.5 Å². The van der Waals surface area contributed by atoms with Gasteiger partial charge in [-0.3, -0.25) is 4.79 Å². The highest BCUT2D eigenvalue weighted by Gasteiger charge is 2.30. The molecule has 1 heterocycles. The smallest absolute Gasteiger partial charge is 0.302 e. The van der Waals surface area contributed by atoms with Gasteiger partial charge in [-0.1, -0.05) is 30.8 Å². The molecule has 1 unspecified atom stereocenters. The molecule has 2 aromatic rings. The maximum absolute atomic E-state index is 12.6. The Morgan fingerprint density at radius 1 is 1.11 bits per heavy atom. The van der Waals surface area contributed by atoms with Crippen LogP contribution in [0.3, 0.4) is 0 Å². The van der Waals surface area contributed by atoms with Gasteiger partial charge in [0.2, 0.25) is 0 Å². The quantitative estimate of drug-likeness (QED) is 0.707. The molecule has 7 heteroatoms. The van der Waals surface area contributed by atoms with Crippen molar-refractivity contribution in [1.29, 1.82) is 0 Å². The van der Waals surface area contributed by atoms with Gasteiger partial charge in [0.15, 0.2) is 11.5 Å². The average molecular weight is 400 g/mol. The first-order valence-electron chi connectivity index (χ1n) is 9.19. The lowest BCUT2D eigenvalue weighted by molar-refractivity contribution is 0.225. The maximum atomic E-state index is 12.6. The Labute approximate surface area is 169 Å². The first-order chi connectivity index (χ1) is 13.5. The van der Waals surface area contributed by atoms with E-state index in [1.54, 1.807) is 19.2 Å². The van der Waals surface area contributed by atoms with Crippen LogP contribution in [0.25, 0.3) is 0 Å². The maximum Gasteiger partial charge on any atom is 0.302 e. The molecule has 1 atom stereocenters. The Hall–Kier alpha value is -2.67. The monoisotopic (exact) mass is 399 g/mol. The second-order valence-electron chi connectivity index (χ2n) is 6.45. The molecule has 1 amide bonds. The molecule has 28 heavy (non-hydrogen) atoms. The molecule has 0 saturated carbocycles. The summed E-state index contributed by atoms with van der Waals surface area (Å²) in [5.74, 6) is 1.31. The molecule has 0 radical (unpaired) electrons. The van der Waals surface area contributed by atoms with Gasteiger partial charge in [0, 0.05) is 17.8 Å². The van der Waals surface area contributed by atoms with Crippen molar-refractivity contribution in [3.05, 3.63) is 53.6 Å². The van der Waals surface area contributed by atoms with Gasteiger partial charge in [-0.05, 0) is 48.7 Å². The first-order valence-corrected chi connectivity index (χ1v) is 10.1. The number of hydrogen-bond acceptors (Lipinski definition) is 6. The Morgan fingerprint density at radius 2 is 1.82 bits per heavy atom. The second-order valence-corrected chi connectivity index (χ2v) is 7.60. The third-order valence-electron chi connectivity index (χ3n) is 4.63. The number of hydrogen-bond donors (Lipinski definition) is 1. The standard InChI is InChI=1S/C21H25N3O3S/c1-4-19-20(15-7-10-17(26-2)18(13-15)27-3)23-24(21(25)28-19)12-11-14-5-8-16(22)9-6-14/h5-10,13,19H,4,11-12,22H2,1-3H3. The summed E-state index contributed by atoms with van der Waals surface area (Å²) in [4.78, 5) is 12.6. The number of nitrogens with two attached hydrogens (primary N) is 1. The Kier molecular flexibility index (Phi) is 6.46. The highest BCUT2D eigenvalue weighted by atomic mass is 32.2. The van der Waals surface area contributed by atoms with Gasteiger partial charge in [0.1, 0.15) is 0 Å². The van der Waals surface area contributed by atoms with E-state index in [9.17, 15) is 4.79 Å². The number of benzene rings is 2. The van der Waals surface area contributed by atoms with Crippen molar-refractivity contribution in [2.24, 2.45) is 5.10 Å². The molecular formula is C21H25N3O3S. The number of methoxy groups -OCH3 is 2. The summed E-state index contributed by atoms with van der Waals surface area (Å²) in [6.45, 7) is 2.58. The Morgan fingerprint density at radius 3 is 2.46 bits per heavy atom. The summed E-state index contributed by atoms with van der Waals surface area (Å²) in [6, 6.07) is 13.4. The molecule has 0 bridgehead atoms. The molecule has 1 aliphatic rings. The number of carbonyl (C=O) groups excluding carboxylic acids is 1. The van der Waals surface area contributed by atoms with Crippen molar-refractivity contribution in [3.8, 4) is 11.5 Å². The van der Waals surface area contributed by atoms with Gasteiger partial charge < -0.3 is 15.2 Å². The molecule has 148 valence electrons. The Bertz CT molecular complexity index is 868. The number of amides is 1. The zero-order chi connectivity index (χ0) is 20.1. The van der Waals surface area contributed by atoms with E-state index in [0.29, 0.717) is 24.5 Å². The zero-order valence-corrected chi connectivity index (χ0v) is 17.2. The average Bonchev–Trinajstić information content (AvgIpc) is 2.73. The highest BCUT2D eigenvalue weighted by Crippen LogP contribution is 2.33. The van der Waals surface area contributed by atoms with Crippen molar-refractivity contribution >= 4 is 28.4 Å². The molecule has 3 rings (SSSR count). The fraction of sp³-hybridized carbons (Fsp3) is 0.333. The van der Waals surface area contributed by atoms with Crippen molar-refractivity contribution in [1.82, 2.24) is 5.01 Å². The second kappa shape index (κ2) is 9.01. The fourth-order valence-corrected chi connectivity index (χ4v) is 4.01. The van der Waals surface area contributed by atoms with Gasteiger partial charge in [-0.15, -0.1) is 0 Å². The molecule has 0 fully saturated rings. The molecular weight excluding hydrogens is 374 g/mol. The topological polar surface area (TPSA) is 77.2 Å². The van der Waals surface area contributed by atoms with E-state index in [1.807, 2.05) is 42.5 Å². The van der Waals surface area contributed by atoms with Gasteiger partial charge in [-0.25, -0.2) is 5.01 Å². The molecule has 6 nitrogen and oxygen atoms in total. The van der Waals surface area contributed by atoms with Crippen LogP contribution in [-0.2, 0) is 6.42 Å². The number of thioether (sulfide) groups is 1. The summed E-state index contributed by atoms with van der Waals surface area (Å²) in [7, 11) is 3.22. The zero-order valence-electron chi connectivity index (χ0n) is 16.3. The van der Waals surface area contributed by atoms with Gasteiger partial charge in [-0.2, -0.15) is 5.10 Å². The van der Waals surface area contributed by atoms with Gasteiger partial charge in [0.05, 0.1) is 25.2 Å². The lowest BCUT2D eigenvalue weighted by atomic mass is 10.0. The highest BCUT2D eigenvalue weighted by molar-refractivity contribution is 8.14. The lowest BCUT2D eigenvalue weighted by Crippen LogP contribution is -2.36. The molecule has 0 saturated heterocycles. The summed E-state index contributed by atoms with van der Waals surface area (Å²) >= 11 is 1.32. The Balaban J connectivity index is 1.85. The summed E-state index contributed by atoms with van der Waals surface area (Å²) in [5, 5.41) is 6.25. The van der Waals surface area contributed by atoms with E-state index in [0.717, 1.165) is 28.9 Å². The van der Waals surface area contributed by atoms with E-state index < -0.39 is 0 Å². The van der Waals surface area contributed by atoms with Crippen molar-refractivity contribution in [3.63, 3.8) is 0 Å².